The highest BCUT2D eigenvalue weighted by atomic mass is 35.5. The summed E-state index contributed by atoms with van der Waals surface area (Å²) < 4.78 is 29.6. The van der Waals surface area contributed by atoms with E-state index in [1.54, 1.807) is 24.0 Å². The van der Waals surface area contributed by atoms with Crippen LogP contribution in [0, 0.1) is 0 Å². The monoisotopic (exact) mass is 741 g/mol. The number of benzene rings is 1. The van der Waals surface area contributed by atoms with E-state index in [-0.39, 0.29) is 33.2 Å². The fourth-order valence-electron chi connectivity index (χ4n) is 4.41. The first-order chi connectivity index (χ1) is 24.2. The largest absolute Gasteiger partial charge is 0.479 e. The van der Waals surface area contributed by atoms with E-state index < -0.39 is 11.9 Å². The number of aromatic nitrogens is 9. The normalized spacial score (nSPS) is 10.5. The van der Waals surface area contributed by atoms with Crippen LogP contribution in [0.4, 0.5) is 0 Å². The summed E-state index contributed by atoms with van der Waals surface area (Å²) in [6.07, 6.45) is 9.04. The first kappa shape index (κ1) is 35.6. The number of hydrogen-bond donors (Lipinski definition) is 0. The van der Waals surface area contributed by atoms with Gasteiger partial charge in [0.15, 0.2) is 15.5 Å². The van der Waals surface area contributed by atoms with Gasteiger partial charge in [-0.1, -0.05) is 65.1 Å². The standard InChI is InChI=1S/C15H12ClN3O3.C9H8ClN3O3.C7H6ClN3O/c1-21-15(20)11-7-17-19-8-12(16)18-14(13(11)19)22-9-10-5-3-2-4-6-10;1-15-8-7-5(9(14)16-2)3-11-13(7)4-6(10)12-8;1-12-7-5-2-3-9-11(5)4-6(8)10-7/h2-8H,9H2,1H3;3-4H,1-2H3;2-4H,1H3. The zero-order valence-electron chi connectivity index (χ0n) is 26.7. The van der Waals surface area contributed by atoms with E-state index in [2.05, 4.69) is 35.0 Å². The third-order valence-electron chi connectivity index (χ3n) is 6.61. The van der Waals surface area contributed by atoms with E-state index in [0.29, 0.717) is 28.7 Å². The first-order valence-electron chi connectivity index (χ1n) is 14.2. The summed E-state index contributed by atoms with van der Waals surface area (Å²) in [6, 6.07) is 11.4. The van der Waals surface area contributed by atoms with Crippen molar-refractivity contribution < 1.29 is 33.3 Å². The van der Waals surface area contributed by atoms with Crippen molar-refractivity contribution in [1.29, 1.82) is 0 Å². The van der Waals surface area contributed by atoms with Crippen LogP contribution < -0.4 is 14.2 Å². The third kappa shape index (κ3) is 7.94. The average Bonchev–Trinajstić information content (AvgIpc) is 3.89. The predicted octanol–water partition coefficient (Wildman–Crippen LogP) is 5.32. The maximum atomic E-state index is 11.8. The van der Waals surface area contributed by atoms with Gasteiger partial charge >= 0.3 is 11.9 Å². The maximum Gasteiger partial charge on any atom is 0.341 e. The van der Waals surface area contributed by atoms with Crippen molar-refractivity contribution >= 4 is 63.3 Å². The Bertz CT molecular complexity index is 2280. The van der Waals surface area contributed by atoms with Crippen LogP contribution in [0.25, 0.3) is 16.6 Å². The molecular formula is C31H26Cl3N9O7. The molecule has 1 aromatic carbocycles. The van der Waals surface area contributed by atoms with Gasteiger partial charge in [0.25, 0.3) is 0 Å². The van der Waals surface area contributed by atoms with E-state index in [4.69, 9.17) is 53.8 Å². The van der Waals surface area contributed by atoms with Crippen molar-refractivity contribution in [3.8, 4) is 17.6 Å². The Kier molecular flexibility index (Phi) is 11.5. The second-order valence-corrected chi connectivity index (χ2v) is 10.8. The third-order valence-corrected chi connectivity index (χ3v) is 7.16. The number of esters is 2. The molecule has 50 heavy (non-hydrogen) atoms. The van der Waals surface area contributed by atoms with Crippen molar-refractivity contribution in [1.82, 2.24) is 43.8 Å². The Morgan fingerprint density at radius 2 is 1.14 bits per heavy atom. The quantitative estimate of drug-likeness (QED) is 0.193. The van der Waals surface area contributed by atoms with E-state index in [1.165, 1.54) is 55.1 Å². The lowest BCUT2D eigenvalue weighted by molar-refractivity contribution is 0.0593. The SMILES string of the molecule is COC(=O)c1cnn2cc(Cl)nc(OC)c12.COC(=O)c1cnn2cc(Cl)nc(OCc3ccccc3)c12.COc1nc(Cl)cn2nccc12. The van der Waals surface area contributed by atoms with Gasteiger partial charge in [0, 0.05) is 0 Å². The Morgan fingerprint density at radius 3 is 1.68 bits per heavy atom. The van der Waals surface area contributed by atoms with E-state index in [9.17, 15) is 9.59 Å². The molecule has 0 aliphatic rings. The molecule has 6 aromatic heterocycles. The van der Waals surface area contributed by atoms with Crippen LogP contribution in [0.15, 0.2) is 73.6 Å². The second kappa shape index (κ2) is 16.1. The number of ether oxygens (including phenoxy) is 5. The summed E-state index contributed by atoms with van der Waals surface area (Å²) >= 11 is 17.4. The van der Waals surface area contributed by atoms with Crippen LogP contribution in [0.1, 0.15) is 26.3 Å². The lowest BCUT2D eigenvalue weighted by Gasteiger charge is -2.08. The van der Waals surface area contributed by atoms with Crippen molar-refractivity contribution in [3.05, 3.63) is 106 Å². The summed E-state index contributed by atoms with van der Waals surface area (Å²) in [7, 11) is 5.58. The highest BCUT2D eigenvalue weighted by molar-refractivity contribution is 6.30. The minimum Gasteiger partial charge on any atom is -0.479 e. The molecule has 0 saturated heterocycles. The van der Waals surface area contributed by atoms with Crippen molar-refractivity contribution in [2.45, 2.75) is 6.61 Å². The van der Waals surface area contributed by atoms with E-state index in [0.717, 1.165) is 11.1 Å². The summed E-state index contributed by atoms with van der Waals surface area (Å²) in [5.41, 5.74) is 3.19. The van der Waals surface area contributed by atoms with Crippen LogP contribution in [0.2, 0.25) is 15.5 Å². The summed E-state index contributed by atoms with van der Waals surface area (Å²) in [4.78, 5) is 35.3. The number of methoxy groups -OCH3 is 4. The lowest BCUT2D eigenvalue weighted by atomic mass is 10.2. The maximum absolute atomic E-state index is 11.8. The number of fused-ring (bicyclic) bond motifs is 3. The molecule has 0 fully saturated rings. The Hall–Kier alpha value is -5.71. The number of hydrogen-bond acceptors (Lipinski definition) is 13. The number of carbonyl (C=O) groups excluding carboxylic acids is 2. The molecular weight excluding hydrogens is 717 g/mol. The smallest absolute Gasteiger partial charge is 0.341 e. The Balaban J connectivity index is 0.000000153. The molecule has 0 bridgehead atoms. The molecule has 19 heteroatoms. The molecule has 0 unspecified atom stereocenters. The minimum absolute atomic E-state index is 0.218. The number of rotatable bonds is 7. The van der Waals surface area contributed by atoms with Crippen molar-refractivity contribution in [2.75, 3.05) is 28.4 Å². The van der Waals surface area contributed by atoms with Crippen LogP contribution in [0.3, 0.4) is 0 Å². The van der Waals surface area contributed by atoms with Crippen molar-refractivity contribution in [2.24, 2.45) is 0 Å². The summed E-state index contributed by atoms with van der Waals surface area (Å²) in [6.45, 7) is 0.301. The molecule has 0 aliphatic heterocycles. The minimum atomic E-state index is -0.510. The Labute approximate surface area is 298 Å². The van der Waals surface area contributed by atoms with E-state index >= 15 is 0 Å². The highest BCUT2D eigenvalue weighted by Crippen LogP contribution is 2.26. The molecule has 0 saturated carbocycles. The predicted molar refractivity (Wildman–Crippen MR) is 181 cm³/mol. The lowest BCUT2D eigenvalue weighted by Crippen LogP contribution is -2.05. The fourth-order valence-corrected chi connectivity index (χ4v) is 4.92. The van der Waals surface area contributed by atoms with Gasteiger partial charge in [-0.25, -0.2) is 23.1 Å². The fraction of sp³-hybridized carbons (Fsp3) is 0.161. The molecule has 0 atom stereocenters. The Morgan fingerprint density at radius 1 is 0.640 bits per heavy atom. The molecule has 258 valence electrons. The topological polar surface area (TPSA) is 171 Å². The zero-order valence-corrected chi connectivity index (χ0v) is 28.9. The van der Waals surface area contributed by atoms with Gasteiger partial charge in [-0.15, -0.1) is 0 Å². The molecule has 6 heterocycles. The number of nitrogens with zero attached hydrogens (tertiary/aromatic N) is 9. The summed E-state index contributed by atoms with van der Waals surface area (Å²) in [5.74, 6) is -0.0687. The van der Waals surface area contributed by atoms with Gasteiger partial charge in [-0.3, -0.25) is 0 Å². The molecule has 0 spiro atoms. The molecule has 0 amide bonds. The summed E-state index contributed by atoms with van der Waals surface area (Å²) in [5, 5.41) is 12.9. The van der Waals surface area contributed by atoms with Crippen LogP contribution in [-0.4, -0.2) is 84.2 Å². The zero-order chi connectivity index (χ0) is 35.8. The molecule has 0 radical (unpaired) electrons. The first-order valence-corrected chi connectivity index (χ1v) is 15.3. The molecule has 7 rings (SSSR count). The average molecular weight is 743 g/mol. The van der Waals surface area contributed by atoms with E-state index in [1.807, 2.05) is 36.4 Å². The van der Waals surface area contributed by atoms with Crippen LogP contribution in [0.5, 0.6) is 17.6 Å². The second-order valence-electron chi connectivity index (χ2n) is 9.64. The number of halogens is 3. The van der Waals surface area contributed by atoms with Crippen molar-refractivity contribution in [3.63, 3.8) is 0 Å². The van der Waals surface area contributed by atoms with Crippen LogP contribution in [-0.2, 0) is 16.1 Å². The highest BCUT2D eigenvalue weighted by Gasteiger charge is 2.20. The van der Waals surface area contributed by atoms with Gasteiger partial charge in [-0.05, 0) is 11.6 Å². The van der Waals surface area contributed by atoms with Gasteiger partial charge in [0.1, 0.15) is 34.3 Å². The van der Waals surface area contributed by atoms with Crippen LogP contribution >= 0.6 is 34.8 Å². The van der Waals surface area contributed by atoms with Gasteiger partial charge in [0.2, 0.25) is 17.6 Å². The molecule has 16 nitrogen and oxygen atoms in total. The van der Waals surface area contributed by atoms with Gasteiger partial charge in [0.05, 0.1) is 65.6 Å². The molecule has 0 N–H and O–H groups in total. The number of carbonyl (C=O) groups is 2. The molecule has 0 aliphatic carbocycles. The van der Waals surface area contributed by atoms with Gasteiger partial charge < -0.3 is 23.7 Å². The molecule has 7 aromatic rings. The van der Waals surface area contributed by atoms with Gasteiger partial charge in [-0.2, -0.15) is 30.2 Å².